The van der Waals surface area contributed by atoms with Gasteiger partial charge in [0.2, 0.25) is 0 Å². The molecule has 1 atom stereocenters. The zero-order chi connectivity index (χ0) is 14.5. The molecule has 2 aromatic carbocycles. The number of hydrogen-bond donors (Lipinski definition) is 2. The third-order valence-corrected chi connectivity index (χ3v) is 3.15. The molecule has 0 saturated carbocycles. The van der Waals surface area contributed by atoms with Gasteiger partial charge < -0.3 is 15.6 Å². The Kier molecular flexibility index (Phi) is 6.21. The van der Waals surface area contributed by atoms with Crippen LogP contribution in [0, 0.1) is 0 Å². The van der Waals surface area contributed by atoms with Crippen molar-refractivity contribution in [1.82, 2.24) is 0 Å². The standard InChI is InChI=1S/C16H17NO3.ClH/c1-20-15-5-3-2-4-13(15)11-6-8-12(9-7-11)14(17)10-16(18)19;/h2-9,14H,10,17H2,1H3,(H,18,19);1H/t14-;/m1./s1. The predicted octanol–water partition coefficient (Wildman–Crippen LogP) is 3.26. The van der Waals surface area contributed by atoms with E-state index in [1.165, 1.54) is 0 Å². The van der Waals surface area contributed by atoms with Gasteiger partial charge in [-0.05, 0) is 17.2 Å². The molecule has 0 aliphatic carbocycles. The Morgan fingerprint density at radius 3 is 2.38 bits per heavy atom. The number of aliphatic carboxylic acids is 1. The molecular weight excluding hydrogens is 290 g/mol. The van der Waals surface area contributed by atoms with Gasteiger partial charge in [0.25, 0.3) is 0 Å². The van der Waals surface area contributed by atoms with Crippen LogP contribution in [0.4, 0.5) is 0 Å². The Hall–Kier alpha value is -2.04. The average molecular weight is 308 g/mol. The maximum absolute atomic E-state index is 10.7. The molecule has 0 fully saturated rings. The lowest BCUT2D eigenvalue weighted by molar-refractivity contribution is -0.137. The Labute approximate surface area is 130 Å². The van der Waals surface area contributed by atoms with E-state index in [0.29, 0.717) is 0 Å². The van der Waals surface area contributed by atoms with Gasteiger partial charge in [0.1, 0.15) is 5.75 Å². The first-order valence-corrected chi connectivity index (χ1v) is 6.32. The fourth-order valence-electron chi connectivity index (χ4n) is 2.10. The fourth-order valence-corrected chi connectivity index (χ4v) is 2.10. The van der Waals surface area contributed by atoms with Crippen molar-refractivity contribution in [3.8, 4) is 16.9 Å². The van der Waals surface area contributed by atoms with E-state index in [-0.39, 0.29) is 18.8 Å². The van der Waals surface area contributed by atoms with Crippen LogP contribution in [-0.4, -0.2) is 18.2 Å². The van der Waals surface area contributed by atoms with Crippen molar-refractivity contribution in [3.05, 3.63) is 54.1 Å². The molecule has 0 aromatic heterocycles. The molecule has 0 saturated heterocycles. The number of hydrogen-bond acceptors (Lipinski definition) is 3. The minimum absolute atomic E-state index is 0. The van der Waals surface area contributed by atoms with Crippen molar-refractivity contribution < 1.29 is 14.6 Å². The van der Waals surface area contributed by atoms with Gasteiger partial charge in [-0.25, -0.2) is 0 Å². The molecule has 0 amide bonds. The summed E-state index contributed by atoms with van der Waals surface area (Å²) in [4.78, 5) is 10.7. The number of ether oxygens (including phenoxy) is 1. The highest BCUT2D eigenvalue weighted by atomic mass is 35.5. The molecule has 3 N–H and O–H groups in total. The second-order valence-corrected chi connectivity index (χ2v) is 4.53. The summed E-state index contributed by atoms with van der Waals surface area (Å²) in [5, 5.41) is 8.75. The summed E-state index contributed by atoms with van der Waals surface area (Å²) in [7, 11) is 1.63. The zero-order valence-corrected chi connectivity index (χ0v) is 12.5. The number of carboxylic acids is 1. The third kappa shape index (κ3) is 4.21. The highest BCUT2D eigenvalue weighted by molar-refractivity contribution is 5.85. The number of rotatable bonds is 5. The number of carboxylic acid groups (broad SMARTS) is 1. The Bertz CT molecular complexity index is 599. The molecule has 0 spiro atoms. The lowest BCUT2D eigenvalue weighted by Crippen LogP contribution is -2.14. The van der Waals surface area contributed by atoms with E-state index in [4.69, 9.17) is 15.6 Å². The molecule has 0 aliphatic rings. The molecule has 5 heteroatoms. The fraction of sp³-hybridized carbons (Fsp3) is 0.188. The Balaban J connectivity index is 0.00000220. The van der Waals surface area contributed by atoms with Gasteiger partial charge >= 0.3 is 5.97 Å². The molecule has 0 heterocycles. The molecule has 4 nitrogen and oxygen atoms in total. The van der Waals surface area contributed by atoms with Gasteiger partial charge in [0, 0.05) is 11.6 Å². The van der Waals surface area contributed by atoms with Crippen molar-refractivity contribution in [1.29, 1.82) is 0 Å². The summed E-state index contributed by atoms with van der Waals surface area (Å²) >= 11 is 0. The van der Waals surface area contributed by atoms with Crippen LogP contribution in [0.5, 0.6) is 5.75 Å². The van der Waals surface area contributed by atoms with Crippen molar-refractivity contribution in [2.45, 2.75) is 12.5 Å². The van der Waals surface area contributed by atoms with Gasteiger partial charge in [-0.15, -0.1) is 12.4 Å². The summed E-state index contributed by atoms with van der Waals surface area (Å²) in [6, 6.07) is 14.8. The van der Waals surface area contributed by atoms with Gasteiger partial charge in [-0.1, -0.05) is 42.5 Å². The maximum atomic E-state index is 10.7. The largest absolute Gasteiger partial charge is 0.496 e. The minimum atomic E-state index is -0.897. The van der Waals surface area contributed by atoms with E-state index in [9.17, 15) is 4.79 Å². The molecule has 112 valence electrons. The second-order valence-electron chi connectivity index (χ2n) is 4.53. The van der Waals surface area contributed by atoms with Crippen LogP contribution >= 0.6 is 12.4 Å². The lowest BCUT2D eigenvalue weighted by atomic mass is 9.99. The second kappa shape index (κ2) is 7.67. The van der Waals surface area contributed by atoms with Crippen LogP contribution in [0.3, 0.4) is 0 Å². The first-order chi connectivity index (χ1) is 9.61. The quantitative estimate of drug-likeness (QED) is 0.889. The van der Waals surface area contributed by atoms with Gasteiger partial charge in [-0.3, -0.25) is 4.79 Å². The van der Waals surface area contributed by atoms with Crippen molar-refractivity contribution >= 4 is 18.4 Å². The summed E-state index contributed by atoms with van der Waals surface area (Å²) in [5.41, 5.74) is 8.65. The van der Waals surface area contributed by atoms with E-state index in [1.807, 2.05) is 48.5 Å². The summed E-state index contributed by atoms with van der Waals surface area (Å²) in [6.07, 6.45) is -0.0754. The molecule has 0 unspecified atom stereocenters. The van der Waals surface area contributed by atoms with Crippen LogP contribution in [-0.2, 0) is 4.79 Å². The van der Waals surface area contributed by atoms with Gasteiger partial charge in [0.05, 0.1) is 13.5 Å². The number of nitrogens with two attached hydrogens (primary N) is 1. The molecule has 0 aliphatic heterocycles. The van der Waals surface area contributed by atoms with E-state index >= 15 is 0 Å². The van der Waals surface area contributed by atoms with Gasteiger partial charge in [0.15, 0.2) is 0 Å². The molecular formula is C16H18ClNO3. The summed E-state index contributed by atoms with van der Waals surface area (Å²) in [5.74, 6) is -0.0959. The van der Waals surface area contributed by atoms with Crippen molar-refractivity contribution in [2.75, 3.05) is 7.11 Å². The number of para-hydroxylation sites is 1. The van der Waals surface area contributed by atoms with E-state index in [1.54, 1.807) is 7.11 Å². The van der Waals surface area contributed by atoms with Crippen LogP contribution < -0.4 is 10.5 Å². The molecule has 2 aromatic rings. The number of benzene rings is 2. The zero-order valence-electron chi connectivity index (χ0n) is 11.7. The van der Waals surface area contributed by atoms with Crippen LogP contribution in [0.15, 0.2) is 48.5 Å². The first kappa shape index (κ1) is 17.0. The molecule has 0 bridgehead atoms. The smallest absolute Gasteiger partial charge is 0.305 e. The SMILES string of the molecule is COc1ccccc1-c1ccc([C@H](N)CC(=O)O)cc1.Cl. The molecule has 0 radical (unpaired) electrons. The first-order valence-electron chi connectivity index (χ1n) is 6.32. The Morgan fingerprint density at radius 2 is 1.81 bits per heavy atom. The maximum Gasteiger partial charge on any atom is 0.305 e. The van der Waals surface area contributed by atoms with Crippen LogP contribution in [0.1, 0.15) is 18.0 Å². The van der Waals surface area contributed by atoms with E-state index < -0.39 is 12.0 Å². The van der Waals surface area contributed by atoms with Crippen LogP contribution in [0.25, 0.3) is 11.1 Å². The monoisotopic (exact) mass is 307 g/mol. The Morgan fingerprint density at radius 1 is 1.19 bits per heavy atom. The topological polar surface area (TPSA) is 72.5 Å². The number of carbonyl (C=O) groups is 1. The summed E-state index contributed by atoms with van der Waals surface area (Å²) in [6.45, 7) is 0. The summed E-state index contributed by atoms with van der Waals surface area (Å²) < 4.78 is 5.33. The lowest BCUT2D eigenvalue weighted by Gasteiger charge is -2.12. The van der Waals surface area contributed by atoms with E-state index in [0.717, 1.165) is 22.4 Å². The molecule has 2 rings (SSSR count). The van der Waals surface area contributed by atoms with Gasteiger partial charge in [-0.2, -0.15) is 0 Å². The highest BCUT2D eigenvalue weighted by Crippen LogP contribution is 2.30. The van der Waals surface area contributed by atoms with Crippen LogP contribution in [0.2, 0.25) is 0 Å². The minimum Gasteiger partial charge on any atom is -0.496 e. The molecule has 21 heavy (non-hydrogen) atoms. The van der Waals surface area contributed by atoms with Crippen molar-refractivity contribution in [3.63, 3.8) is 0 Å². The van der Waals surface area contributed by atoms with E-state index in [2.05, 4.69) is 0 Å². The van der Waals surface area contributed by atoms with Crippen molar-refractivity contribution in [2.24, 2.45) is 5.73 Å². The average Bonchev–Trinajstić information content (AvgIpc) is 2.46. The number of halogens is 1. The predicted molar refractivity (Wildman–Crippen MR) is 84.9 cm³/mol. The third-order valence-electron chi connectivity index (χ3n) is 3.15. The number of methoxy groups -OCH3 is 1. The normalized spacial score (nSPS) is 11.3. The highest BCUT2D eigenvalue weighted by Gasteiger charge is 2.11.